The third-order valence-electron chi connectivity index (χ3n) is 4.91. The van der Waals surface area contributed by atoms with Gasteiger partial charge in [-0.15, -0.1) is 0 Å². The van der Waals surface area contributed by atoms with E-state index in [4.69, 9.17) is 4.52 Å². The molecule has 0 saturated carbocycles. The Balaban J connectivity index is 1.56. The molecule has 1 aromatic heterocycles. The number of hydrogen-bond donors (Lipinski definition) is 1. The number of rotatable bonds is 4. The molecular formula is C20H14F4N4O3. The van der Waals surface area contributed by atoms with E-state index in [0.717, 1.165) is 17.0 Å². The van der Waals surface area contributed by atoms with E-state index in [0.29, 0.717) is 5.56 Å². The summed E-state index contributed by atoms with van der Waals surface area (Å²) in [5.74, 6) is -1.37. The van der Waals surface area contributed by atoms with Gasteiger partial charge in [0.25, 0.3) is 5.91 Å². The molecule has 7 nitrogen and oxygen atoms in total. The Labute approximate surface area is 172 Å². The van der Waals surface area contributed by atoms with Crippen molar-refractivity contribution in [3.8, 4) is 11.4 Å². The molecule has 1 N–H and O–H groups in total. The Kier molecular flexibility index (Phi) is 4.75. The van der Waals surface area contributed by atoms with Gasteiger partial charge in [0, 0.05) is 5.56 Å². The molecule has 1 aliphatic rings. The Bertz CT molecular complexity index is 1160. The van der Waals surface area contributed by atoms with Gasteiger partial charge in [0.2, 0.25) is 11.7 Å². The van der Waals surface area contributed by atoms with Crippen molar-refractivity contribution in [3.05, 3.63) is 71.4 Å². The first kappa shape index (κ1) is 20.5. The van der Waals surface area contributed by atoms with Gasteiger partial charge in [-0.25, -0.2) is 9.18 Å². The van der Waals surface area contributed by atoms with Crippen molar-refractivity contribution in [2.45, 2.75) is 25.2 Å². The molecule has 1 unspecified atom stereocenters. The highest BCUT2D eigenvalue weighted by Crippen LogP contribution is 2.32. The minimum Gasteiger partial charge on any atom is -0.337 e. The minimum absolute atomic E-state index is 0.0678. The summed E-state index contributed by atoms with van der Waals surface area (Å²) in [6, 6.07) is 8.75. The highest BCUT2D eigenvalue weighted by Gasteiger charge is 2.49. The van der Waals surface area contributed by atoms with Gasteiger partial charge in [-0.05, 0) is 36.8 Å². The Morgan fingerprint density at radius 2 is 1.84 bits per heavy atom. The van der Waals surface area contributed by atoms with Crippen LogP contribution in [0.15, 0.2) is 53.1 Å². The smallest absolute Gasteiger partial charge is 0.337 e. The summed E-state index contributed by atoms with van der Waals surface area (Å²) in [7, 11) is 0. The predicted octanol–water partition coefficient (Wildman–Crippen LogP) is 3.86. The molecule has 1 fully saturated rings. The fourth-order valence-corrected chi connectivity index (χ4v) is 3.23. The van der Waals surface area contributed by atoms with Gasteiger partial charge in [0.1, 0.15) is 17.9 Å². The normalized spacial score (nSPS) is 19.1. The van der Waals surface area contributed by atoms with Crippen LogP contribution in [0.5, 0.6) is 0 Å². The molecule has 1 atom stereocenters. The van der Waals surface area contributed by atoms with Crippen molar-refractivity contribution < 1.29 is 31.7 Å². The van der Waals surface area contributed by atoms with Crippen LogP contribution in [0.25, 0.3) is 11.4 Å². The molecule has 160 valence electrons. The van der Waals surface area contributed by atoms with E-state index in [1.54, 1.807) is 0 Å². The topological polar surface area (TPSA) is 88.3 Å². The van der Waals surface area contributed by atoms with Gasteiger partial charge < -0.3 is 9.84 Å². The third kappa shape index (κ3) is 3.74. The molecule has 0 aliphatic carbocycles. The number of aromatic nitrogens is 2. The van der Waals surface area contributed by atoms with Crippen LogP contribution >= 0.6 is 0 Å². The van der Waals surface area contributed by atoms with E-state index in [1.165, 1.54) is 43.3 Å². The fraction of sp³-hybridized carbons (Fsp3) is 0.200. The number of halogens is 4. The third-order valence-corrected chi connectivity index (χ3v) is 4.91. The molecule has 0 radical (unpaired) electrons. The fourth-order valence-electron chi connectivity index (χ4n) is 3.23. The number of carbonyl (C=O) groups is 2. The number of nitrogens with one attached hydrogen (secondary N) is 1. The molecule has 2 aromatic carbocycles. The van der Waals surface area contributed by atoms with Gasteiger partial charge in [-0.2, -0.15) is 18.2 Å². The maximum absolute atomic E-state index is 13.2. The van der Waals surface area contributed by atoms with Crippen LogP contribution in [0.2, 0.25) is 0 Å². The molecule has 1 saturated heterocycles. The molecule has 3 amide bonds. The molecule has 2 heterocycles. The van der Waals surface area contributed by atoms with Gasteiger partial charge >= 0.3 is 12.2 Å². The average molecular weight is 434 g/mol. The van der Waals surface area contributed by atoms with Crippen molar-refractivity contribution in [3.63, 3.8) is 0 Å². The molecule has 31 heavy (non-hydrogen) atoms. The minimum atomic E-state index is -4.53. The summed E-state index contributed by atoms with van der Waals surface area (Å²) >= 11 is 0. The molecule has 3 aromatic rings. The monoisotopic (exact) mass is 434 g/mol. The number of hydrogen-bond acceptors (Lipinski definition) is 5. The van der Waals surface area contributed by atoms with Crippen molar-refractivity contribution in [1.29, 1.82) is 0 Å². The number of amides is 3. The molecule has 1 aliphatic heterocycles. The first-order valence-electron chi connectivity index (χ1n) is 8.98. The van der Waals surface area contributed by atoms with Crippen LogP contribution in [0.1, 0.15) is 23.9 Å². The molecule has 4 rings (SSSR count). The molecular weight excluding hydrogens is 420 g/mol. The van der Waals surface area contributed by atoms with Gasteiger partial charge in [0.05, 0.1) is 5.56 Å². The summed E-state index contributed by atoms with van der Waals surface area (Å²) in [5.41, 5.74) is -1.85. The quantitative estimate of drug-likeness (QED) is 0.498. The van der Waals surface area contributed by atoms with E-state index < -0.39 is 35.0 Å². The largest absolute Gasteiger partial charge is 0.416 e. The lowest BCUT2D eigenvalue weighted by Gasteiger charge is -2.21. The highest BCUT2D eigenvalue weighted by atomic mass is 19.4. The van der Waals surface area contributed by atoms with Crippen LogP contribution in [0, 0.1) is 5.82 Å². The zero-order chi connectivity index (χ0) is 22.4. The number of urea groups is 1. The summed E-state index contributed by atoms with van der Waals surface area (Å²) in [4.78, 5) is 30.1. The number of alkyl halides is 3. The van der Waals surface area contributed by atoms with Crippen LogP contribution in [0.4, 0.5) is 22.4 Å². The Morgan fingerprint density at radius 1 is 1.13 bits per heavy atom. The zero-order valence-electron chi connectivity index (χ0n) is 15.9. The van der Waals surface area contributed by atoms with Gasteiger partial charge in [-0.1, -0.05) is 29.4 Å². The van der Waals surface area contributed by atoms with Crippen LogP contribution in [-0.2, 0) is 23.1 Å². The molecule has 0 bridgehead atoms. The lowest BCUT2D eigenvalue weighted by molar-refractivity contribution is -0.137. The second-order valence-corrected chi connectivity index (χ2v) is 7.04. The summed E-state index contributed by atoms with van der Waals surface area (Å²) in [5, 5.41) is 6.19. The van der Waals surface area contributed by atoms with E-state index in [2.05, 4.69) is 15.5 Å². The molecule has 0 spiro atoms. The van der Waals surface area contributed by atoms with Crippen LogP contribution in [-0.4, -0.2) is 27.0 Å². The van der Waals surface area contributed by atoms with Crippen molar-refractivity contribution in [2.75, 3.05) is 0 Å². The predicted molar refractivity (Wildman–Crippen MR) is 97.6 cm³/mol. The standard InChI is InChI=1S/C20H14F4N4O3/c1-19(12-5-7-14(21)8-6-12)17(29)28(18(30)26-19)10-15-25-16(27-31-15)11-3-2-4-13(9-11)20(22,23)24/h2-9H,10H2,1H3,(H,26,30). The first-order valence-corrected chi connectivity index (χ1v) is 8.98. The van der Waals surface area contributed by atoms with Crippen molar-refractivity contribution in [2.24, 2.45) is 0 Å². The lowest BCUT2D eigenvalue weighted by Crippen LogP contribution is -2.40. The highest BCUT2D eigenvalue weighted by molar-refractivity contribution is 6.07. The van der Waals surface area contributed by atoms with Crippen LogP contribution in [0.3, 0.4) is 0 Å². The number of carbonyl (C=O) groups excluding carboxylic acids is 2. The first-order chi connectivity index (χ1) is 14.6. The number of benzene rings is 2. The van der Waals surface area contributed by atoms with E-state index in [-0.39, 0.29) is 23.8 Å². The second kappa shape index (κ2) is 7.18. The second-order valence-electron chi connectivity index (χ2n) is 7.04. The van der Waals surface area contributed by atoms with Crippen molar-refractivity contribution in [1.82, 2.24) is 20.4 Å². The lowest BCUT2D eigenvalue weighted by atomic mass is 9.92. The summed E-state index contributed by atoms with van der Waals surface area (Å²) in [6.45, 7) is 1.09. The van der Waals surface area contributed by atoms with Crippen molar-refractivity contribution >= 4 is 11.9 Å². The number of imide groups is 1. The Morgan fingerprint density at radius 3 is 2.52 bits per heavy atom. The maximum atomic E-state index is 13.2. The van der Waals surface area contributed by atoms with E-state index >= 15 is 0 Å². The van der Waals surface area contributed by atoms with Gasteiger partial charge in [-0.3, -0.25) is 9.69 Å². The maximum Gasteiger partial charge on any atom is 0.416 e. The molecule has 11 heteroatoms. The summed E-state index contributed by atoms with van der Waals surface area (Å²) < 4.78 is 56.9. The number of nitrogens with zero attached hydrogens (tertiary/aromatic N) is 3. The van der Waals surface area contributed by atoms with E-state index in [9.17, 15) is 27.2 Å². The van der Waals surface area contributed by atoms with Crippen LogP contribution < -0.4 is 5.32 Å². The summed E-state index contributed by atoms with van der Waals surface area (Å²) in [6.07, 6.45) is -4.53. The van der Waals surface area contributed by atoms with Gasteiger partial charge in [0.15, 0.2) is 0 Å². The van der Waals surface area contributed by atoms with E-state index in [1.807, 2.05) is 0 Å². The SMILES string of the molecule is CC1(c2ccc(F)cc2)NC(=O)N(Cc2nc(-c3cccc(C(F)(F)F)c3)no2)C1=O. The zero-order valence-corrected chi connectivity index (χ0v) is 15.9. The average Bonchev–Trinajstić information content (AvgIpc) is 3.27. The Hall–Kier alpha value is -3.76.